The zero-order valence-electron chi connectivity index (χ0n) is 25.6. The molecule has 2 aromatic carbocycles. The molecule has 0 saturated carbocycles. The van der Waals surface area contributed by atoms with Gasteiger partial charge in [0.1, 0.15) is 6.10 Å². The summed E-state index contributed by atoms with van der Waals surface area (Å²) in [7, 11) is 1.41. The van der Waals surface area contributed by atoms with Gasteiger partial charge in [0.15, 0.2) is 17.2 Å². The van der Waals surface area contributed by atoms with Crippen LogP contribution in [0.25, 0.3) is 0 Å². The lowest BCUT2D eigenvalue weighted by Gasteiger charge is -2.20. The number of methoxy groups -OCH3 is 1. The van der Waals surface area contributed by atoms with E-state index >= 15 is 0 Å². The number of carbonyl (C=O) groups is 3. The fourth-order valence-electron chi connectivity index (χ4n) is 3.24. The minimum absolute atomic E-state index is 0.0501. The molecular weight excluding hydrogens is 595 g/mol. The Morgan fingerprint density at radius 2 is 1.60 bits per heavy atom. The molecule has 1 aromatic heterocycles. The van der Waals surface area contributed by atoms with Gasteiger partial charge in [-0.1, -0.05) is 87.3 Å². The van der Waals surface area contributed by atoms with Gasteiger partial charge in [-0.25, -0.2) is 4.98 Å². The van der Waals surface area contributed by atoms with Crippen molar-refractivity contribution < 1.29 is 33.3 Å². The van der Waals surface area contributed by atoms with E-state index in [9.17, 15) is 14.4 Å². The number of carbonyl (C=O) groups excluding carboxylic acids is 3. The van der Waals surface area contributed by atoms with Crippen molar-refractivity contribution in [3.05, 3.63) is 87.7 Å². The number of nitrogens with zero attached hydrogens (tertiary/aromatic N) is 1. The predicted octanol–water partition coefficient (Wildman–Crippen LogP) is 7.16. The van der Waals surface area contributed by atoms with Gasteiger partial charge in [-0.2, -0.15) is 0 Å². The van der Waals surface area contributed by atoms with E-state index in [0.29, 0.717) is 16.5 Å². The summed E-state index contributed by atoms with van der Waals surface area (Å²) in [6, 6.07) is 17.2. The molecule has 3 rings (SSSR count). The summed E-state index contributed by atoms with van der Waals surface area (Å²) in [5, 5.41) is 1.24. The van der Waals surface area contributed by atoms with Crippen LogP contribution in [0.15, 0.2) is 60.8 Å². The first kappa shape index (κ1) is 37.2. The Morgan fingerprint density at radius 3 is 2.12 bits per heavy atom. The summed E-state index contributed by atoms with van der Waals surface area (Å²) < 4.78 is 20.4. The number of hydrogen-bond donors (Lipinski definition) is 1. The number of esters is 2. The molecule has 0 saturated heterocycles. The molecule has 0 bridgehead atoms. The molecule has 0 aliphatic carbocycles. The number of nitrogens with two attached hydrogens (primary N) is 1. The van der Waals surface area contributed by atoms with Crippen LogP contribution in [-0.2, 0) is 19.1 Å². The average Bonchev–Trinajstić information content (AvgIpc) is 2.99. The van der Waals surface area contributed by atoms with Crippen LogP contribution in [0.5, 0.6) is 11.5 Å². The number of primary amides is 1. The zero-order valence-corrected chi connectivity index (χ0v) is 27.1. The maximum atomic E-state index is 11.3. The molecule has 234 valence electrons. The van der Waals surface area contributed by atoms with Crippen molar-refractivity contribution in [1.82, 2.24) is 4.98 Å². The summed E-state index contributed by atoms with van der Waals surface area (Å²) in [4.78, 5) is 37.4. The SMILES string of the molecule is CCC(=O)OC(C)C(C)c1ccccc1.COc1ccnc(C(N)=O)c1OCOC(=O)C(C)C.Cc1ccc(Cl)c(Cl)c1. The number of benzene rings is 2. The zero-order chi connectivity index (χ0) is 32.5. The summed E-state index contributed by atoms with van der Waals surface area (Å²) >= 11 is 11.3. The van der Waals surface area contributed by atoms with E-state index in [2.05, 4.69) is 24.0 Å². The lowest BCUT2D eigenvalue weighted by atomic mass is 9.96. The van der Waals surface area contributed by atoms with E-state index in [1.165, 1.54) is 24.9 Å². The Kier molecular flexibility index (Phi) is 16.8. The van der Waals surface area contributed by atoms with Crippen LogP contribution in [0.1, 0.15) is 68.6 Å². The third-order valence-corrected chi connectivity index (χ3v) is 6.65. The summed E-state index contributed by atoms with van der Waals surface area (Å²) in [6.07, 6.45) is 1.73. The highest BCUT2D eigenvalue weighted by molar-refractivity contribution is 6.42. The first-order valence-corrected chi connectivity index (χ1v) is 14.4. The van der Waals surface area contributed by atoms with Crippen molar-refractivity contribution in [3.8, 4) is 11.5 Å². The fourth-order valence-corrected chi connectivity index (χ4v) is 3.59. The quantitative estimate of drug-likeness (QED) is 0.184. The topological polar surface area (TPSA) is 127 Å². The van der Waals surface area contributed by atoms with Crippen LogP contribution in [0.4, 0.5) is 0 Å². The third-order valence-electron chi connectivity index (χ3n) is 5.91. The van der Waals surface area contributed by atoms with E-state index in [4.69, 9.17) is 47.9 Å². The maximum absolute atomic E-state index is 11.3. The molecule has 3 aromatic rings. The molecule has 0 fully saturated rings. The summed E-state index contributed by atoms with van der Waals surface area (Å²) in [6.45, 7) is 10.8. The van der Waals surface area contributed by atoms with Gasteiger partial charge in [-0.05, 0) is 37.1 Å². The van der Waals surface area contributed by atoms with Crippen molar-refractivity contribution in [2.24, 2.45) is 11.7 Å². The Bertz CT molecular complexity index is 1320. The van der Waals surface area contributed by atoms with Gasteiger partial charge in [0.05, 0.1) is 23.1 Å². The molecule has 0 aliphatic rings. The van der Waals surface area contributed by atoms with Gasteiger partial charge in [-0.3, -0.25) is 14.4 Å². The molecule has 2 unspecified atom stereocenters. The molecule has 43 heavy (non-hydrogen) atoms. The Balaban J connectivity index is 0.000000342. The van der Waals surface area contributed by atoms with Gasteiger partial charge in [0.2, 0.25) is 6.79 Å². The second-order valence-corrected chi connectivity index (χ2v) is 10.4. The highest BCUT2D eigenvalue weighted by Gasteiger charge is 2.18. The molecule has 1 amide bonds. The van der Waals surface area contributed by atoms with Crippen LogP contribution >= 0.6 is 23.2 Å². The minimum atomic E-state index is -0.760. The molecule has 2 atom stereocenters. The smallest absolute Gasteiger partial charge is 0.311 e. The molecular formula is C32H40Cl2N2O7. The highest BCUT2D eigenvalue weighted by atomic mass is 35.5. The molecule has 1 heterocycles. The van der Waals surface area contributed by atoms with Crippen LogP contribution in [0.2, 0.25) is 10.0 Å². The van der Waals surface area contributed by atoms with Crippen molar-refractivity contribution in [2.75, 3.05) is 13.9 Å². The molecule has 0 spiro atoms. The normalized spacial score (nSPS) is 11.5. The third kappa shape index (κ3) is 13.4. The molecule has 0 aliphatic heterocycles. The number of aryl methyl sites for hydroxylation is 1. The maximum Gasteiger partial charge on any atom is 0.311 e. The summed E-state index contributed by atoms with van der Waals surface area (Å²) in [5.41, 5.74) is 7.42. The van der Waals surface area contributed by atoms with E-state index in [1.807, 2.05) is 51.1 Å². The molecule has 11 heteroatoms. The fraction of sp³-hybridized carbons (Fsp3) is 0.375. The lowest BCUT2D eigenvalue weighted by molar-refractivity contribution is -0.154. The average molecular weight is 636 g/mol. The van der Waals surface area contributed by atoms with Gasteiger partial charge < -0.3 is 24.7 Å². The first-order valence-electron chi connectivity index (χ1n) is 13.6. The Morgan fingerprint density at radius 1 is 0.953 bits per heavy atom. The number of halogens is 2. The second-order valence-electron chi connectivity index (χ2n) is 9.60. The number of hydrogen-bond acceptors (Lipinski definition) is 8. The van der Waals surface area contributed by atoms with E-state index in [0.717, 1.165) is 5.56 Å². The van der Waals surface area contributed by atoms with Crippen LogP contribution in [0.3, 0.4) is 0 Å². The summed E-state index contributed by atoms with van der Waals surface area (Å²) in [5.74, 6) is -1.01. The Hall–Kier alpha value is -3.82. The highest BCUT2D eigenvalue weighted by Crippen LogP contribution is 2.29. The molecule has 2 N–H and O–H groups in total. The van der Waals surface area contributed by atoms with Gasteiger partial charge in [-0.15, -0.1) is 0 Å². The van der Waals surface area contributed by atoms with E-state index in [1.54, 1.807) is 19.9 Å². The number of amides is 1. The van der Waals surface area contributed by atoms with Gasteiger partial charge >= 0.3 is 11.9 Å². The van der Waals surface area contributed by atoms with Crippen molar-refractivity contribution in [2.45, 2.75) is 60.0 Å². The standard InChI is InChI=1S/C13H18O2.C12H16N2O5.C7H6Cl2/c1-4-13(14)15-11(3)10(2)12-8-6-5-7-9-12;1-7(2)12(16)19-6-18-10-8(17-3)4-5-14-9(10)11(13)15;1-5-2-3-6(8)7(9)4-5/h5-11H,4H2,1-3H3;4-5,7H,6H2,1-3H3,(H2,13,15);2-4H,1H3. The largest absolute Gasteiger partial charge is 0.493 e. The monoisotopic (exact) mass is 634 g/mol. The van der Waals surface area contributed by atoms with Crippen molar-refractivity contribution in [1.29, 1.82) is 0 Å². The van der Waals surface area contributed by atoms with Crippen LogP contribution < -0.4 is 15.2 Å². The number of rotatable bonds is 10. The predicted molar refractivity (Wildman–Crippen MR) is 168 cm³/mol. The second kappa shape index (κ2) is 19.4. The van der Waals surface area contributed by atoms with Crippen LogP contribution in [0, 0.1) is 12.8 Å². The van der Waals surface area contributed by atoms with E-state index < -0.39 is 11.9 Å². The number of pyridine rings is 1. The van der Waals surface area contributed by atoms with Crippen LogP contribution in [-0.4, -0.2) is 42.8 Å². The van der Waals surface area contributed by atoms with Crippen molar-refractivity contribution in [3.63, 3.8) is 0 Å². The van der Waals surface area contributed by atoms with Gasteiger partial charge in [0, 0.05) is 24.6 Å². The number of ether oxygens (including phenoxy) is 4. The van der Waals surface area contributed by atoms with Crippen molar-refractivity contribution >= 4 is 41.0 Å². The first-order chi connectivity index (χ1) is 20.3. The molecule has 9 nitrogen and oxygen atoms in total. The minimum Gasteiger partial charge on any atom is -0.493 e. The van der Waals surface area contributed by atoms with Gasteiger partial charge in [0.25, 0.3) is 5.91 Å². The molecule has 0 radical (unpaired) electrons. The lowest BCUT2D eigenvalue weighted by Crippen LogP contribution is -2.20. The number of aromatic nitrogens is 1. The Labute approximate surface area is 263 Å². The van der Waals surface area contributed by atoms with E-state index in [-0.39, 0.29) is 47.9 Å².